The van der Waals surface area contributed by atoms with Gasteiger partial charge in [0, 0.05) is 26.5 Å². The van der Waals surface area contributed by atoms with E-state index in [1.165, 1.54) is 4.90 Å². The summed E-state index contributed by atoms with van der Waals surface area (Å²) in [5.74, 6) is -0.447. The van der Waals surface area contributed by atoms with Crippen LogP contribution in [0.3, 0.4) is 0 Å². The first-order chi connectivity index (χ1) is 8.99. The fraction of sp³-hybridized carbons (Fsp3) is 0.583. The van der Waals surface area contributed by atoms with Crippen LogP contribution in [0.25, 0.3) is 0 Å². The van der Waals surface area contributed by atoms with Crippen molar-refractivity contribution >= 4 is 11.9 Å². The van der Waals surface area contributed by atoms with E-state index >= 15 is 0 Å². The molecule has 2 unspecified atom stereocenters. The molecule has 7 nitrogen and oxygen atoms in total. The molecule has 0 saturated carbocycles. The van der Waals surface area contributed by atoms with Crippen LogP contribution in [-0.2, 0) is 27.9 Å². The standard InChI is InChI=1S/C12H17N3O4/c1-14-6-5-13-10(14)7-15(2)11(16)8-3-4-9(19-8)12(17)18/h5-6,8-9H,3-4,7H2,1-2H3,(H,17,18). The fourth-order valence-corrected chi connectivity index (χ4v) is 2.09. The van der Waals surface area contributed by atoms with Gasteiger partial charge in [-0.25, -0.2) is 9.78 Å². The molecule has 2 atom stereocenters. The molecule has 1 aromatic heterocycles. The fourth-order valence-electron chi connectivity index (χ4n) is 2.09. The maximum Gasteiger partial charge on any atom is 0.332 e. The number of carbonyl (C=O) groups is 2. The average Bonchev–Trinajstić information content (AvgIpc) is 2.98. The Bertz CT molecular complexity index is 485. The maximum atomic E-state index is 12.1. The van der Waals surface area contributed by atoms with Gasteiger partial charge in [0.05, 0.1) is 6.54 Å². The Balaban J connectivity index is 1.93. The van der Waals surface area contributed by atoms with E-state index in [0.29, 0.717) is 19.4 Å². The summed E-state index contributed by atoms with van der Waals surface area (Å²) in [6.45, 7) is 0.375. The summed E-state index contributed by atoms with van der Waals surface area (Å²) in [6.07, 6.45) is 2.77. The number of aromatic nitrogens is 2. The molecule has 1 aromatic rings. The molecule has 1 fully saturated rings. The number of nitrogens with zero attached hydrogens (tertiary/aromatic N) is 3. The van der Waals surface area contributed by atoms with Crippen LogP contribution in [0.1, 0.15) is 18.7 Å². The predicted octanol–water partition coefficient (Wildman–Crippen LogP) is 0.0107. The molecule has 7 heteroatoms. The summed E-state index contributed by atoms with van der Waals surface area (Å²) in [4.78, 5) is 28.6. The molecular weight excluding hydrogens is 250 g/mol. The number of aryl methyl sites for hydroxylation is 1. The Kier molecular flexibility index (Phi) is 3.84. The number of carbonyl (C=O) groups excluding carboxylic acids is 1. The highest BCUT2D eigenvalue weighted by Crippen LogP contribution is 2.21. The highest BCUT2D eigenvalue weighted by Gasteiger charge is 2.36. The van der Waals surface area contributed by atoms with E-state index in [9.17, 15) is 9.59 Å². The van der Waals surface area contributed by atoms with Gasteiger partial charge < -0.3 is 19.3 Å². The summed E-state index contributed by atoms with van der Waals surface area (Å²) in [6, 6.07) is 0. The van der Waals surface area contributed by atoms with Crippen LogP contribution >= 0.6 is 0 Å². The van der Waals surface area contributed by atoms with E-state index in [0.717, 1.165) is 5.82 Å². The normalized spacial score (nSPS) is 22.4. The predicted molar refractivity (Wildman–Crippen MR) is 65.2 cm³/mol. The van der Waals surface area contributed by atoms with Crippen LogP contribution in [0.15, 0.2) is 12.4 Å². The van der Waals surface area contributed by atoms with Crippen molar-refractivity contribution in [3.63, 3.8) is 0 Å². The first kappa shape index (κ1) is 13.5. The Morgan fingerprint density at radius 3 is 2.74 bits per heavy atom. The third kappa shape index (κ3) is 2.93. The molecule has 0 bridgehead atoms. The average molecular weight is 267 g/mol. The lowest BCUT2D eigenvalue weighted by Gasteiger charge is -2.20. The number of aliphatic carboxylic acids is 1. The van der Waals surface area contributed by atoms with E-state index < -0.39 is 18.2 Å². The number of ether oxygens (including phenoxy) is 1. The van der Waals surface area contributed by atoms with E-state index in [2.05, 4.69) is 4.98 Å². The largest absolute Gasteiger partial charge is 0.479 e. The topological polar surface area (TPSA) is 84.7 Å². The minimum atomic E-state index is -1.01. The molecule has 0 aromatic carbocycles. The number of likely N-dealkylation sites (N-methyl/N-ethyl adjacent to an activating group) is 1. The van der Waals surface area contributed by atoms with Crippen molar-refractivity contribution in [3.8, 4) is 0 Å². The Labute approximate surface area is 110 Å². The molecular formula is C12H17N3O4. The molecule has 2 heterocycles. The summed E-state index contributed by atoms with van der Waals surface area (Å²) in [7, 11) is 3.52. The molecule has 1 N–H and O–H groups in total. The smallest absolute Gasteiger partial charge is 0.332 e. The molecule has 2 rings (SSSR count). The van der Waals surface area contributed by atoms with E-state index in [1.807, 2.05) is 11.6 Å². The number of imidazole rings is 1. The molecule has 1 amide bonds. The van der Waals surface area contributed by atoms with E-state index in [-0.39, 0.29) is 5.91 Å². The lowest BCUT2D eigenvalue weighted by Crippen LogP contribution is -2.37. The van der Waals surface area contributed by atoms with Crippen molar-refractivity contribution in [3.05, 3.63) is 18.2 Å². The zero-order chi connectivity index (χ0) is 14.0. The van der Waals surface area contributed by atoms with Crippen molar-refractivity contribution in [2.24, 2.45) is 7.05 Å². The quantitative estimate of drug-likeness (QED) is 0.830. The summed E-state index contributed by atoms with van der Waals surface area (Å²) in [5.41, 5.74) is 0. The molecule has 0 spiro atoms. The highest BCUT2D eigenvalue weighted by atomic mass is 16.5. The Morgan fingerprint density at radius 2 is 2.21 bits per heavy atom. The second kappa shape index (κ2) is 5.40. The molecule has 1 aliphatic rings. The number of carboxylic acid groups (broad SMARTS) is 1. The maximum absolute atomic E-state index is 12.1. The van der Waals surface area contributed by atoms with E-state index in [4.69, 9.17) is 9.84 Å². The van der Waals surface area contributed by atoms with Gasteiger partial charge >= 0.3 is 5.97 Å². The second-order valence-electron chi connectivity index (χ2n) is 4.68. The summed E-state index contributed by atoms with van der Waals surface area (Å²) >= 11 is 0. The van der Waals surface area contributed by atoms with Gasteiger partial charge in [-0.2, -0.15) is 0 Å². The van der Waals surface area contributed by atoms with Crippen LogP contribution in [-0.4, -0.2) is 50.7 Å². The first-order valence-electron chi connectivity index (χ1n) is 6.08. The third-order valence-electron chi connectivity index (χ3n) is 3.25. The van der Waals surface area contributed by atoms with E-state index in [1.54, 1.807) is 19.4 Å². The summed E-state index contributed by atoms with van der Waals surface area (Å²) < 4.78 is 7.07. The van der Waals surface area contributed by atoms with Gasteiger partial charge in [-0.3, -0.25) is 4.79 Å². The van der Waals surface area contributed by atoms with Crippen LogP contribution < -0.4 is 0 Å². The number of rotatable bonds is 4. The molecule has 0 aliphatic carbocycles. The van der Waals surface area contributed by atoms with Crippen molar-refractivity contribution in [1.82, 2.24) is 14.5 Å². The van der Waals surface area contributed by atoms with Crippen molar-refractivity contribution in [2.45, 2.75) is 31.6 Å². The van der Waals surface area contributed by atoms with Crippen LogP contribution in [0, 0.1) is 0 Å². The molecule has 1 saturated heterocycles. The molecule has 19 heavy (non-hydrogen) atoms. The monoisotopic (exact) mass is 267 g/mol. The van der Waals surface area contributed by atoms with Gasteiger partial charge in [0.1, 0.15) is 11.9 Å². The SMILES string of the molecule is CN(Cc1nccn1C)C(=O)C1CCC(C(=O)O)O1. The van der Waals surface area contributed by atoms with Gasteiger partial charge in [-0.05, 0) is 12.8 Å². The van der Waals surface area contributed by atoms with Gasteiger partial charge in [0.15, 0.2) is 6.10 Å². The highest BCUT2D eigenvalue weighted by molar-refractivity contribution is 5.82. The lowest BCUT2D eigenvalue weighted by atomic mass is 10.2. The van der Waals surface area contributed by atoms with Gasteiger partial charge in [0.25, 0.3) is 5.91 Å². The molecule has 1 aliphatic heterocycles. The third-order valence-corrected chi connectivity index (χ3v) is 3.25. The first-order valence-corrected chi connectivity index (χ1v) is 6.08. The van der Waals surface area contributed by atoms with Crippen LogP contribution in [0.5, 0.6) is 0 Å². The Morgan fingerprint density at radius 1 is 1.53 bits per heavy atom. The number of amides is 1. The van der Waals surface area contributed by atoms with Gasteiger partial charge in [-0.1, -0.05) is 0 Å². The zero-order valence-corrected chi connectivity index (χ0v) is 10.9. The van der Waals surface area contributed by atoms with Crippen molar-refractivity contribution < 1.29 is 19.4 Å². The minimum absolute atomic E-state index is 0.202. The van der Waals surface area contributed by atoms with Crippen molar-refractivity contribution in [2.75, 3.05) is 7.05 Å². The molecule has 0 radical (unpaired) electrons. The number of hydrogen-bond donors (Lipinski definition) is 1. The van der Waals surface area contributed by atoms with Crippen LogP contribution in [0.2, 0.25) is 0 Å². The van der Waals surface area contributed by atoms with Crippen LogP contribution in [0.4, 0.5) is 0 Å². The number of carboxylic acids is 1. The number of hydrogen-bond acceptors (Lipinski definition) is 4. The van der Waals surface area contributed by atoms with Crippen molar-refractivity contribution in [1.29, 1.82) is 0 Å². The zero-order valence-electron chi connectivity index (χ0n) is 10.9. The lowest BCUT2D eigenvalue weighted by molar-refractivity contribution is -0.154. The van der Waals surface area contributed by atoms with Gasteiger partial charge in [0.2, 0.25) is 0 Å². The second-order valence-corrected chi connectivity index (χ2v) is 4.68. The minimum Gasteiger partial charge on any atom is -0.479 e. The summed E-state index contributed by atoms with van der Waals surface area (Å²) in [5, 5.41) is 8.83. The molecule has 104 valence electrons. The Hall–Kier alpha value is -1.89. The van der Waals surface area contributed by atoms with Gasteiger partial charge in [-0.15, -0.1) is 0 Å².